The summed E-state index contributed by atoms with van der Waals surface area (Å²) in [5.74, 6) is 1.47. The van der Waals surface area contributed by atoms with Crippen LogP contribution in [0.3, 0.4) is 0 Å². The number of carbonyl (C=O) groups is 1. The first-order valence-corrected chi connectivity index (χ1v) is 8.15. The van der Waals surface area contributed by atoms with Crippen LogP contribution >= 0.6 is 0 Å². The molecule has 0 aromatic carbocycles. The van der Waals surface area contributed by atoms with Gasteiger partial charge < -0.3 is 13.7 Å². The van der Waals surface area contributed by atoms with Gasteiger partial charge in [-0.05, 0) is 31.9 Å². The molecule has 0 atom stereocenters. The van der Waals surface area contributed by atoms with Crippen molar-refractivity contribution < 1.29 is 13.6 Å². The first-order valence-electron chi connectivity index (χ1n) is 8.15. The summed E-state index contributed by atoms with van der Waals surface area (Å²) in [4.78, 5) is 22.2. The summed E-state index contributed by atoms with van der Waals surface area (Å²) < 4.78 is 11.0. The second-order valence-electron chi connectivity index (χ2n) is 6.01. The Morgan fingerprint density at radius 1 is 1.28 bits per heavy atom. The zero-order valence-corrected chi connectivity index (χ0v) is 13.8. The van der Waals surface area contributed by atoms with Crippen molar-refractivity contribution in [3.05, 3.63) is 48.3 Å². The first kappa shape index (κ1) is 15.5. The molecule has 0 bridgehead atoms. The second kappa shape index (κ2) is 6.46. The molecule has 0 radical (unpaired) electrons. The second-order valence-corrected chi connectivity index (χ2v) is 6.01. The number of aryl methyl sites for hydroxylation is 1. The van der Waals surface area contributed by atoms with Crippen molar-refractivity contribution in [2.75, 3.05) is 13.1 Å². The van der Waals surface area contributed by atoms with Crippen LogP contribution in [0, 0.1) is 6.92 Å². The van der Waals surface area contributed by atoms with Gasteiger partial charge in [-0.15, -0.1) is 10.2 Å². The summed E-state index contributed by atoms with van der Waals surface area (Å²) in [5.41, 5.74) is 1.54. The standard InChI is InChI=1S/C17H17N5O3/c1-11-13(9-18-10-19-11)16-21-20-15(25-16)12-4-6-22(7-5-12)17(23)14-3-2-8-24-14/h2-3,8-10,12H,4-7H2,1H3. The Kier molecular flexibility index (Phi) is 4.01. The van der Waals surface area contributed by atoms with Crippen molar-refractivity contribution in [1.29, 1.82) is 0 Å². The van der Waals surface area contributed by atoms with Gasteiger partial charge in [-0.25, -0.2) is 9.97 Å². The molecule has 1 aliphatic rings. The fourth-order valence-corrected chi connectivity index (χ4v) is 2.99. The third kappa shape index (κ3) is 3.02. The zero-order valence-electron chi connectivity index (χ0n) is 13.8. The van der Waals surface area contributed by atoms with Gasteiger partial charge in [0.1, 0.15) is 6.33 Å². The van der Waals surface area contributed by atoms with Gasteiger partial charge in [0.15, 0.2) is 5.76 Å². The number of hydrogen-bond donors (Lipinski definition) is 0. The lowest BCUT2D eigenvalue weighted by Crippen LogP contribution is -2.37. The number of nitrogens with zero attached hydrogens (tertiary/aromatic N) is 5. The highest BCUT2D eigenvalue weighted by molar-refractivity contribution is 5.91. The third-order valence-corrected chi connectivity index (χ3v) is 4.45. The van der Waals surface area contributed by atoms with Gasteiger partial charge in [0.25, 0.3) is 11.8 Å². The lowest BCUT2D eigenvalue weighted by molar-refractivity contribution is 0.0674. The Balaban J connectivity index is 1.43. The van der Waals surface area contributed by atoms with Crippen LogP contribution in [-0.2, 0) is 0 Å². The van der Waals surface area contributed by atoms with Crippen LogP contribution in [0.2, 0.25) is 0 Å². The average molecular weight is 339 g/mol. The van der Waals surface area contributed by atoms with Gasteiger partial charge >= 0.3 is 0 Å². The maximum Gasteiger partial charge on any atom is 0.289 e. The molecule has 3 aromatic rings. The highest BCUT2D eigenvalue weighted by Crippen LogP contribution is 2.30. The predicted molar refractivity (Wildman–Crippen MR) is 86.6 cm³/mol. The van der Waals surface area contributed by atoms with Crippen molar-refractivity contribution in [3.8, 4) is 11.5 Å². The Labute approximate surface area is 143 Å². The summed E-state index contributed by atoms with van der Waals surface area (Å²) >= 11 is 0. The quantitative estimate of drug-likeness (QED) is 0.722. The third-order valence-electron chi connectivity index (χ3n) is 4.45. The van der Waals surface area contributed by atoms with Crippen LogP contribution in [0.5, 0.6) is 0 Å². The number of carbonyl (C=O) groups excluding carboxylic acids is 1. The molecule has 8 nitrogen and oxygen atoms in total. The van der Waals surface area contributed by atoms with Gasteiger partial charge in [-0.1, -0.05) is 0 Å². The van der Waals surface area contributed by atoms with Crippen molar-refractivity contribution in [2.24, 2.45) is 0 Å². The van der Waals surface area contributed by atoms with Crippen molar-refractivity contribution >= 4 is 5.91 Å². The fourth-order valence-electron chi connectivity index (χ4n) is 2.99. The molecule has 1 saturated heterocycles. The van der Waals surface area contributed by atoms with Gasteiger partial charge in [-0.2, -0.15) is 0 Å². The van der Waals surface area contributed by atoms with E-state index in [1.54, 1.807) is 23.2 Å². The molecule has 1 amide bonds. The highest BCUT2D eigenvalue weighted by Gasteiger charge is 2.29. The Morgan fingerprint density at radius 3 is 2.84 bits per heavy atom. The fraction of sp³-hybridized carbons (Fsp3) is 0.353. The lowest BCUT2D eigenvalue weighted by atomic mass is 9.96. The number of amides is 1. The minimum Gasteiger partial charge on any atom is -0.459 e. The maximum absolute atomic E-state index is 12.3. The number of likely N-dealkylation sites (tertiary alicyclic amines) is 1. The van der Waals surface area contributed by atoms with Crippen LogP contribution < -0.4 is 0 Å². The van der Waals surface area contributed by atoms with Crippen molar-refractivity contribution in [2.45, 2.75) is 25.7 Å². The molecule has 0 unspecified atom stereocenters. The minimum absolute atomic E-state index is 0.0771. The summed E-state index contributed by atoms with van der Waals surface area (Å²) in [7, 11) is 0. The van der Waals surface area contributed by atoms with Crippen molar-refractivity contribution in [1.82, 2.24) is 25.1 Å². The van der Waals surface area contributed by atoms with Crippen LogP contribution in [0.25, 0.3) is 11.5 Å². The smallest absolute Gasteiger partial charge is 0.289 e. The predicted octanol–water partition coefficient (Wildman–Crippen LogP) is 2.45. The number of aromatic nitrogens is 4. The Bertz CT molecular complexity index is 866. The first-order chi connectivity index (χ1) is 12.2. The SMILES string of the molecule is Cc1ncncc1-c1nnc(C2CCN(C(=O)c3ccco3)CC2)o1. The zero-order chi connectivity index (χ0) is 17.2. The van der Waals surface area contributed by atoms with Crippen LogP contribution in [-0.4, -0.2) is 44.1 Å². The minimum atomic E-state index is -0.0771. The summed E-state index contributed by atoms with van der Waals surface area (Å²) in [5, 5.41) is 8.31. The summed E-state index contributed by atoms with van der Waals surface area (Å²) in [6.07, 6.45) is 6.22. The van der Waals surface area contributed by atoms with Crippen LogP contribution in [0.1, 0.15) is 40.9 Å². The summed E-state index contributed by atoms with van der Waals surface area (Å²) in [6, 6.07) is 3.40. The molecule has 128 valence electrons. The van der Waals surface area contributed by atoms with Crippen molar-refractivity contribution in [3.63, 3.8) is 0 Å². The number of piperidine rings is 1. The molecule has 1 aliphatic heterocycles. The topological polar surface area (TPSA) is 98.2 Å². The van der Waals surface area contributed by atoms with Crippen LogP contribution in [0.15, 0.2) is 39.8 Å². The largest absolute Gasteiger partial charge is 0.459 e. The Hall–Kier alpha value is -3.03. The van der Waals surface area contributed by atoms with E-state index in [0.717, 1.165) is 24.1 Å². The van der Waals surface area contributed by atoms with E-state index in [2.05, 4.69) is 20.2 Å². The summed E-state index contributed by atoms with van der Waals surface area (Å²) in [6.45, 7) is 3.14. The lowest BCUT2D eigenvalue weighted by Gasteiger charge is -2.29. The molecule has 0 saturated carbocycles. The van der Waals surface area contributed by atoms with E-state index in [0.29, 0.717) is 30.6 Å². The van der Waals surface area contributed by atoms with E-state index in [1.165, 1.54) is 12.6 Å². The number of hydrogen-bond acceptors (Lipinski definition) is 7. The molecule has 3 aromatic heterocycles. The molecule has 0 spiro atoms. The highest BCUT2D eigenvalue weighted by atomic mass is 16.4. The number of furan rings is 1. The van der Waals surface area contributed by atoms with E-state index in [4.69, 9.17) is 8.83 Å². The van der Waals surface area contributed by atoms with Gasteiger partial charge in [0, 0.05) is 25.2 Å². The van der Waals surface area contributed by atoms with Gasteiger partial charge in [0.2, 0.25) is 5.89 Å². The molecule has 0 N–H and O–H groups in total. The monoisotopic (exact) mass is 339 g/mol. The molecular weight excluding hydrogens is 322 g/mol. The molecule has 1 fully saturated rings. The van der Waals surface area contributed by atoms with E-state index >= 15 is 0 Å². The number of rotatable bonds is 3. The molecule has 25 heavy (non-hydrogen) atoms. The maximum atomic E-state index is 12.3. The normalized spacial score (nSPS) is 15.5. The van der Waals surface area contributed by atoms with Gasteiger partial charge in [-0.3, -0.25) is 4.79 Å². The van der Waals surface area contributed by atoms with Gasteiger partial charge in [0.05, 0.1) is 17.5 Å². The molecular formula is C17H17N5O3. The van der Waals surface area contributed by atoms with Crippen LogP contribution in [0.4, 0.5) is 0 Å². The molecule has 0 aliphatic carbocycles. The van der Waals surface area contributed by atoms with E-state index in [1.807, 2.05) is 6.92 Å². The Morgan fingerprint density at radius 2 is 2.12 bits per heavy atom. The molecule has 4 rings (SSSR count). The van der Waals surface area contributed by atoms with E-state index in [9.17, 15) is 4.79 Å². The average Bonchev–Trinajstić information content (AvgIpc) is 3.34. The van der Waals surface area contributed by atoms with E-state index in [-0.39, 0.29) is 11.8 Å². The molecule has 4 heterocycles. The van der Waals surface area contributed by atoms with E-state index < -0.39 is 0 Å². The molecule has 8 heteroatoms.